The van der Waals surface area contributed by atoms with Gasteiger partial charge in [-0.05, 0) is 198 Å². The number of aryl methyl sites for hydroxylation is 14. The Balaban J connectivity index is 0.000000177. The van der Waals surface area contributed by atoms with Gasteiger partial charge < -0.3 is 23.3 Å². The molecule has 566 valence electrons. The first-order valence-corrected chi connectivity index (χ1v) is 36.7. The van der Waals surface area contributed by atoms with Crippen LogP contribution < -0.4 is 16.9 Å². The smallest absolute Gasteiger partial charge is 0.370 e. The zero-order valence-corrected chi connectivity index (χ0v) is 64.8. The minimum Gasteiger partial charge on any atom is -0.457 e. The lowest BCUT2D eigenvalue weighted by molar-refractivity contribution is -0.385. The number of hydrogen-bond acceptors (Lipinski definition) is 14. The Hall–Kier alpha value is -12.9. The molecule has 4 heterocycles. The molecular weight excluding hydrogens is 1390 g/mol. The molecule has 1 fully saturated rings. The maximum Gasteiger partial charge on any atom is 0.370 e. The maximum absolute atomic E-state index is 12.7. The Morgan fingerprint density at radius 2 is 0.918 bits per heavy atom. The van der Waals surface area contributed by atoms with Crippen molar-refractivity contribution in [1.82, 2.24) is 32.5 Å². The highest BCUT2D eigenvalue weighted by molar-refractivity contribution is 6.03. The van der Waals surface area contributed by atoms with Crippen LogP contribution in [0.25, 0.3) is 28.2 Å². The molecule has 25 nitrogen and oxygen atoms in total. The van der Waals surface area contributed by atoms with Gasteiger partial charge in [-0.25, -0.2) is 9.59 Å². The Morgan fingerprint density at radius 3 is 1.41 bits per heavy atom. The molecule has 0 spiro atoms. The molecule has 0 aliphatic carbocycles. The predicted molar refractivity (Wildman–Crippen MR) is 423 cm³/mol. The van der Waals surface area contributed by atoms with Gasteiger partial charge in [0.1, 0.15) is 12.2 Å². The van der Waals surface area contributed by atoms with Crippen LogP contribution >= 0.6 is 0 Å². The number of imidazole rings is 3. The number of nitrogens with zero attached hydrogens (tertiary/aromatic N) is 17. The summed E-state index contributed by atoms with van der Waals surface area (Å²) in [5, 5.41) is 50.6. The number of amides is 2. The van der Waals surface area contributed by atoms with E-state index in [4.69, 9.17) is 9.57 Å². The van der Waals surface area contributed by atoms with Crippen LogP contribution in [0.1, 0.15) is 147 Å². The fourth-order valence-electron chi connectivity index (χ4n) is 13.3. The number of unbranched alkanes of at least 4 members (excludes halogenated alkanes) is 2. The fourth-order valence-corrected chi connectivity index (χ4v) is 13.3. The molecule has 2 amide bonds. The number of nitro groups is 1. The zero-order valence-electron chi connectivity index (χ0n) is 64.8. The Morgan fingerprint density at radius 1 is 0.455 bits per heavy atom. The van der Waals surface area contributed by atoms with Crippen molar-refractivity contribution in [2.45, 2.75) is 162 Å². The van der Waals surface area contributed by atoms with E-state index in [0.717, 1.165) is 124 Å². The lowest BCUT2D eigenvalue weighted by atomic mass is 10.0. The maximum atomic E-state index is 12.7. The van der Waals surface area contributed by atoms with Crippen molar-refractivity contribution in [3.05, 3.63) is 294 Å². The Kier molecular flexibility index (Phi) is 26.8. The molecule has 11 aromatic rings. The third kappa shape index (κ3) is 19.6. The van der Waals surface area contributed by atoms with Crippen molar-refractivity contribution < 1.29 is 33.7 Å². The van der Waals surface area contributed by atoms with Gasteiger partial charge in [-0.1, -0.05) is 173 Å². The summed E-state index contributed by atoms with van der Waals surface area (Å²) in [4.78, 5) is 64.3. The summed E-state index contributed by atoms with van der Waals surface area (Å²) in [6.07, 6.45) is 15.9. The molecule has 1 saturated heterocycles. The highest BCUT2D eigenvalue weighted by atomic mass is 16.7. The van der Waals surface area contributed by atoms with Gasteiger partial charge >= 0.3 is 11.9 Å². The minimum absolute atomic E-state index is 0.0845. The van der Waals surface area contributed by atoms with E-state index in [-0.39, 0.29) is 31.1 Å². The Labute approximate surface area is 639 Å². The summed E-state index contributed by atoms with van der Waals surface area (Å²) in [6, 6.07) is 47.7. The lowest BCUT2D eigenvalue weighted by Gasteiger charge is -2.12. The molecule has 12 rings (SSSR count). The number of carbonyl (C=O) groups is 4. The molecule has 0 N–H and O–H groups in total. The topological polar surface area (TPSA) is 274 Å². The number of nitro benzene ring substituents is 1. The standard InChI is InChI=1S/C31H35N5O2.C27H29N7O6.C27H29N5/c1-6-7-16-35-17-18-36(29-24(4)19-22(2)20-25(29)5)31(35)33-34-32-27-14-12-26(13-15-27)21-38-30(37)28-11-9-8-10-23(28)3;1-5-6-11-31-12-13-32(25-18(3)14-17(2)15-19(25)4)27(31)29-30-28-20-7-8-22(34(38)39)21(16-20)26(37)40-33-23(35)9-10-24(33)36;1-6-31-14-15-32(26-21(4)16-20(3)17-22(26)5)27(31)29-30-28-25-13-8-7-12-24(25)23-11-9-10-19(2)18-23/h8-15,17-20H,6-7,16,21H2,1-5H3;7-8,12-16H,5-6,9-11H2,1-4H3;7-18H,6H2,1-5H3/b33-31-,34-32?;29-27-,30-28?;29-27+,30-28?. The van der Waals surface area contributed by atoms with Gasteiger partial charge in [0.25, 0.3) is 17.5 Å². The first-order valence-electron chi connectivity index (χ1n) is 36.7. The number of rotatable bonds is 23. The van der Waals surface area contributed by atoms with E-state index in [1.165, 1.54) is 45.0 Å². The highest BCUT2D eigenvalue weighted by Crippen LogP contribution is 2.32. The van der Waals surface area contributed by atoms with Crippen LogP contribution in [0.3, 0.4) is 0 Å². The molecule has 0 unspecified atom stereocenters. The average molecular weight is 1480 g/mol. The number of imide groups is 1. The number of hydrogen-bond donors (Lipinski definition) is 0. The average Bonchev–Trinajstić information content (AvgIpc) is 1.64. The van der Waals surface area contributed by atoms with E-state index >= 15 is 0 Å². The number of aromatic nitrogens is 6. The molecule has 8 aromatic carbocycles. The van der Waals surface area contributed by atoms with Crippen LogP contribution in [0, 0.1) is 86.3 Å². The third-order valence-electron chi connectivity index (χ3n) is 18.4. The molecule has 25 heteroatoms. The van der Waals surface area contributed by atoms with Gasteiger partial charge in [-0.3, -0.25) is 33.4 Å². The summed E-state index contributed by atoms with van der Waals surface area (Å²) < 4.78 is 17.7. The summed E-state index contributed by atoms with van der Waals surface area (Å²) in [5.74, 6) is -2.96. The molecule has 110 heavy (non-hydrogen) atoms. The predicted octanol–water partition coefficient (Wildman–Crippen LogP) is 18.8. The number of ether oxygens (including phenoxy) is 1. The van der Waals surface area contributed by atoms with Gasteiger partial charge in [0, 0.05) is 81.3 Å². The van der Waals surface area contributed by atoms with Crippen molar-refractivity contribution in [2.75, 3.05) is 0 Å². The van der Waals surface area contributed by atoms with Crippen LogP contribution in [0.5, 0.6) is 0 Å². The molecule has 0 radical (unpaired) electrons. The van der Waals surface area contributed by atoms with Crippen molar-refractivity contribution in [3.63, 3.8) is 0 Å². The first kappa shape index (κ1) is 79.6. The Bertz CT molecular complexity index is 5460. The van der Waals surface area contributed by atoms with E-state index in [1.807, 2.05) is 128 Å². The van der Waals surface area contributed by atoms with Gasteiger partial charge in [0.2, 0.25) is 16.9 Å². The van der Waals surface area contributed by atoms with Crippen LogP contribution in [0.15, 0.2) is 235 Å². The van der Waals surface area contributed by atoms with Gasteiger partial charge in [-0.2, -0.15) is 0 Å². The number of esters is 1. The third-order valence-corrected chi connectivity index (χ3v) is 18.4. The normalized spacial score (nSPS) is 12.7. The summed E-state index contributed by atoms with van der Waals surface area (Å²) in [5.41, 5.74) is 22.0. The molecule has 0 atom stereocenters. The van der Waals surface area contributed by atoms with Crippen molar-refractivity contribution in [1.29, 1.82) is 0 Å². The lowest BCUT2D eigenvalue weighted by Crippen LogP contribution is -2.32. The molecule has 1 aliphatic rings. The quantitative estimate of drug-likeness (QED) is 0.0195. The van der Waals surface area contributed by atoms with E-state index in [1.54, 1.807) is 6.07 Å². The van der Waals surface area contributed by atoms with E-state index in [2.05, 4.69) is 207 Å². The monoisotopic (exact) mass is 1480 g/mol. The van der Waals surface area contributed by atoms with Crippen LogP contribution in [0.4, 0.5) is 22.7 Å². The van der Waals surface area contributed by atoms with E-state index < -0.39 is 34.0 Å². The second-order valence-electron chi connectivity index (χ2n) is 27.3. The molecule has 3 aromatic heterocycles. The van der Waals surface area contributed by atoms with Crippen LogP contribution in [-0.4, -0.2) is 61.1 Å². The van der Waals surface area contributed by atoms with E-state index in [0.29, 0.717) is 28.5 Å². The first-order chi connectivity index (χ1) is 52.9. The second-order valence-corrected chi connectivity index (χ2v) is 27.3. The summed E-state index contributed by atoms with van der Waals surface area (Å²) in [6.45, 7) is 31.7. The summed E-state index contributed by atoms with van der Waals surface area (Å²) >= 11 is 0. The van der Waals surface area contributed by atoms with Gasteiger partial charge in [0.15, 0.2) is 0 Å². The number of carbonyl (C=O) groups excluding carboxylic acids is 4. The van der Waals surface area contributed by atoms with Crippen molar-refractivity contribution >= 4 is 46.5 Å². The highest BCUT2D eigenvalue weighted by Gasteiger charge is 2.35. The van der Waals surface area contributed by atoms with Crippen molar-refractivity contribution in [2.24, 2.45) is 46.3 Å². The van der Waals surface area contributed by atoms with Crippen LogP contribution in [0.2, 0.25) is 0 Å². The van der Waals surface area contributed by atoms with Crippen molar-refractivity contribution in [3.8, 4) is 28.2 Å². The van der Waals surface area contributed by atoms with Gasteiger partial charge in [-0.15, -0.1) is 20.4 Å². The number of benzene rings is 8. The van der Waals surface area contributed by atoms with Crippen LogP contribution in [-0.2, 0) is 45.4 Å². The largest absolute Gasteiger partial charge is 0.457 e. The second kappa shape index (κ2) is 37.1. The zero-order chi connectivity index (χ0) is 78.7. The number of hydroxylamine groups is 2. The minimum atomic E-state index is -1.24. The summed E-state index contributed by atoms with van der Waals surface area (Å²) in [7, 11) is 0. The SMILES string of the molecule is CCCCn1ccn(-c2c(C)cc(C)cc2C)/c1=N\N=Nc1ccc(COC(=O)c2ccccc2C)cc1.CCCCn1ccn(-c2c(C)cc(C)cc2C)/c1=N\N=Nc1ccc([N+](=O)[O-])c(C(=O)ON2C(=O)CCC2=O)c1.CCn1ccn(-c2c(C)cc(C)cc2C)/c1=N/N=Nc1ccccc1-c1cccc(C)c1. The molecule has 1 aliphatic heterocycles. The molecule has 0 bridgehead atoms. The fraction of sp³-hybridized carbons (Fsp3) is 0.282. The van der Waals surface area contributed by atoms with Gasteiger partial charge in [0.05, 0.1) is 44.6 Å². The molecule has 0 saturated carbocycles. The van der Waals surface area contributed by atoms with E-state index in [9.17, 15) is 29.3 Å². The molecular formula is C85H93N17O8.